The third-order valence-corrected chi connectivity index (χ3v) is 5.16. The van der Waals surface area contributed by atoms with Crippen LogP contribution in [0.25, 0.3) is 16.8 Å². The highest BCUT2D eigenvalue weighted by Gasteiger charge is 2.32. The van der Waals surface area contributed by atoms with Crippen LogP contribution in [-0.4, -0.2) is 44.9 Å². The van der Waals surface area contributed by atoms with Crippen molar-refractivity contribution in [3.8, 4) is 0 Å². The van der Waals surface area contributed by atoms with Crippen LogP contribution in [0.4, 0.5) is 11.6 Å². The van der Waals surface area contributed by atoms with Crippen molar-refractivity contribution in [1.29, 1.82) is 0 Å². The van der Waals surface area contributed by atoms with Crippen molar-refractivity contribution in [1.82, 2.24) is 33.7 Å². The third-order valence-electron chi connectivity index (χ3n) is 5.16. The van der Waals surface area contributed by atoms with Crippen LogP contribution >= 0.6 is 0 Å². The van der Waals surface area contributed by atoms with Gasteiger partial charge < -0.3 is 10.4 Å². The van der Waals surface area contributed by atoms with Gasteiger partial charge in [-0.1, -0.05) is 0 Å². The van der Waals surface area contributed by atoms with Crippen LogP contribution in [0.2, 0.25) is 0 Å². The first kappa shape index (κ1) is 15.9. The number of anilines is 2. The highest BCUT2D eigenvalue weighted by Crippen LogP contribution is 2.33. The van der Waals surface area contributed by atoms with Crippen molar-refractivity contribution in [3.05, 3.63) is 40.8 Å². The number of nitrogens with zero attached hydrogens (tertiary/aromatic N) is 7. The second-order valence-electron chi connectivity index (χ2n) is 6.95. The predicted molar refractivity (Wildman–Crippen MR) is 98.1 cm³/mol. The zero-order valence-electron chi connectivity index (χ0n) is 14.9. The Labute approximate surface area is 153 Å². The molecule has 0 atom stereocenters. The van der Waals surface area contributed by atoms with Gasteiger partial charge in [-0.2, -0.15) is 10.1 Å². The Morgan fingerprint density at radius 3 is 2.89 bits per heavy atom. The summed E-state index contributed by atoms with van der Waals surface area (Å²) in [4.78, 5) is 25.7. The fraction of sp³-hybridized carbons (Fsp3) is 0.353. The van der Waals surface area contributed by atoms with Crippen molar-refractivity contribution in [2.24, 2.45) is 7.05 Å². The maximum absolute atomic E-state index is 12.6. The largest absolute Gasteiger partial charge is 0.393 e. The van der Waals surface area contributed by atoms with E-state index in [1.807, 2.05) is 19.2 Å². The van der Waals surface area contributed by atoms with Crippen molar-refractivity contribution in [3.63, 3.8) is 0 Å². The van der Waals surface area contributed by atoms with E-state index < -0.39 is 0 Å². The Morgan fingerprint density at radius 1 is 1.30 bits per heavy atom. The molecule has 1 aliphatic rings. The van der Waals surface area contributed by atoms with E-state index in [2.05, 4.69) is 25.4 Å². The first-order valence-electron chi connectivity index (χ1n) is 8.70. The van der Waals surface area contributed by atoms with Gasteiger partial charge in [-0.05, 0) is 31.4 Å². The van der Waals surface area contributed by atoms with Gasteiger partial charge in [0.15, 0.2) is 11.3 Å². The molecular formula is C17H18N8O2. The van der Waals surface area contributed by atoms with Gasteiger partial charge in [-0.25, -0.2) is 19.3 Å². The van der Waals surface area contributed by atoms with Gasteiger partial charge in [0, 0.05) is 13.1 Å². The van der Waals surface area contributed by atoms with E-state index in [4.69, 9.17) is 0 Å². The summed E-state index contributed by atoms with van der Waals surface area (Å²) in [6.45, 7) is 1.96. The summed E-state index contributed by atoms with van der Waals surface area (Å²) in [6.07, 6.45) is 5.74. The summed E-state index contributed by atoms with van der Waals surface area (Å²) in [5.74, 6) is 0.393. The number of hydrogen-bond acceptors (Lipinski definition) is 7. The van der Waals surface area contributed by atoms with E-state index in [-0.39, 0.29) is 17.8 Å². The molecule has 2 N–H and O–H groups in total. The minimum absolute atomic E-state index is 0.0350. The number of pyridine rings is 1. The Morgan fingerprint density at radius 2 is 2.11 bits per heavy atom. The second kappa shape index (κ2) is 5.61. The monoisotopic (exact) mass is 366 g/mol. The van der Waals surface area contributed by atoms with E-state index in [9.17, 15) is 9.90 Å². The zero-order valence-corrected chi connectivity index (χ0v) is 14.9. The van der Waals surface area contributed by atoms with Gasteiger partial charge in [0.05, 0.1) is 24.2 Å². The molecule has 0 amide bonds. The van der Waals surface area contributed by atoms with Crippen LogP contribution in [0.5, 0.6) is 0 Å². The number of rotatable bonds is 3. The molecule has 1 aliphatic carbocycles. The topological polar surface area (TPSA) is 115 Å². The lowest BCUT2D eigenvalue weighted by atomic mass is 9.89. The van der Waals surface area contributed by atoms with Gasteiger partial charge in [-0.3, -0.25) is 9.13 Å². The van der Waals surface area contributed by atoms with Gasteiger partial charge in [0.2, 0.25) is 5.95 Å². The molecule has 5 rings (SSSR count). The summed E-state index contributed by atoms with van der Waals surface area (Å²) in [5, 5.41) is 17.0. The fourth-order valence-electron chi connectivity index (χ4n) is 3.50. The lowest BCUT2D eigenvalue weighted by Crippen LogP contribution is -2.37. The minimum Gasteiger partial charge on any atom is -0.393 e. The van der Waals surface area contributed by atoms with Crippen LogP contribution in [0, 0.1) is 6.92 Å². The Bertz CT molecular complexity index is 1230. The number of aliphatic hydroxyl groups excluding tert-OH is 1. The Balaban J connectivity index is 1.58. The standard InChI is InChI=1S/C17H18N8O2/c1-9-3-14-19-8-20-24(14)7-12(9)21-16-18-6-13-15(22-16)25(17(27)23(13)2)10-4-11(26)5-10/h3,6-8,10-11,26H,4-5H2,1-2H3,(H,18,21,22). The first-order chi connectivity index (χ1) is 13.0. The molecular weight excluding hydrogens is 348 g/mol. The fourth-order valence-corrected chi connectivity index (χ4v) is 3.50. The maximum Gasteiger partial charge on any atom is 0.330 e. The highest BCUT2D eigenvalue weighted by atomic mass is 16.3. The summed E-state index contributed by atoms with van der Waals surface area (Å²) >= 11 is 0. The van der Waals surface area contributed by atoms with Crippen LogP contribution in [0.1, 0.15) is 24.4 Å². The number of nitrogens with one attached hydrogen (secondary N) is 1. The molecule has 0 aliphatic heterocycles. The average Bonchev–Trinajstić information content (AvgIpc) is 3.16. The molecule has 4 heterocycles. The van der Waals surface area contributed by atoms with E-state index in [0.29, 0.717) is 30.0 Å². The van der Waals surface area contributed by atoms with Gasteiger partial charge in [0.1, 0.15) is 11.8 Å². The number of aromatic nitrogens is 7. The van der Waals surface area contributed by atoms with Gasteiger partial charge in [0.25, 0.3) is 0 Å². The Hall–Kier alpha value is -3.27. The van der Waals surface area contributed by atoms with Crippen molar-refractivity contribution in [2.45, 2.75) is 31.9 Å². The van der Waals surface area contributed by atoms with Crippen LogP contribution in [0.15, 0.2) is 29.6 Å². The predicted octanol–water partition coefficient (Wildman–Crippen LogP) is 0.921. The van der Waals surface area contributed by atoms with Crippen molar-refractivity contribution < 1.29 is 5.11 Å². The number of imidazole rings is 1. The molecule has 0 unspecified atom stereocenters. The molecule has 138 valence electrons. The molecule has 4 aromatic heterocycles. The second-order valence-corrected chi connectivity index (χ2v) is 6.95. The van der Waals surface area contributed by atoms with Gasteiger partial charge >= 0.3 is 5.69 Å². The van der Waals surface area contributed by atoms with Crippen LogP contribution < -0.4 is 11.0 Å². The summed E-state index contributed by atoms with van der Waals surface area (Å²) in [5.41, 5.74) is 3.62. The average molecular weight is 366 g/mol. The molecule has 1 saturated carbocycles. The molecule has 27 heavy (non-hydrogen) atoms. The Kier molecular flexibility index (Phi) is 3.31. The molecule has 0 spiro atoms. The molecule has 0 aromatic carbocycles. The lowest BCUT2D eigenvalue weighted by molar-refractivity contribution is 0.0484. The number of fused-ring (bicyclic) bond motifs is 2. The molecule has 0 saturated heterocycles. The van der Waals surface area contributed by atoms with E-state index >= 15 is 0 Å². The van der Waals surface area contributed by atoms with E-state index in [1.165, 1.54) is 10.9 Å². The highest BCUT2D eigenvalue weighted by molar-refractivity contribution is 5.73. The summed E-state index contributed by atoms with van der Waals surface area (Å²) in [6, 6.07) is 1.88. The van der Waals surface area contributed by atoms with Gasteiger partial charge in [-0.15, -0.1) is 0 Å². The van der Waals surface area contributed by atoms with E-state index in [0.717, 1.165) is 16.9 Å². The molecule has 10 nitrogen and oxygen atoms in total. The number of aryl methyl sites for hydroxylation is 2. The molecule has 0 bridgehead atoms. The van der Waals surface area contributed by atoms with Crippen LogP contribution in [0.3, 0.4) is 0 Å². The molecule has 10 heteroatoms. The van der Waals surface area contributed by atoms with Crippen molar-refractivity contribution in [2.75, 3.05) is 5.32 Å². The number of aliphatic hydroxyl groups is 1. The molecule has 4 aromatic rings. The zero-order chi connectivity index (χ0) is 18.7. The SMILES string of the molecule is Cc1cc2ncnn2cc1Nc1ncc2c(n1)n(C1CC(O)C1)c(=O)n2C. The minimum atomic E-state index is -0.353. The smallest absolute Gasteiger partial charge is 0.330 e. The lowest BCUT2D eigenvalue weighted by Gasteiger charge is -2.31. The van der Waals surface area contributed by atoms with E-state index in [1.54, 1.807) is 22.3 Å². The summed E-state index contributed by atoms with van der Waals surface area (Å²) < 4.78 is 4.86. The number of hydrogen-bond donors (Lipinski definition) is 2. The van der Waals surface area contributed by atoms with Crippen LogP contribution in [-0.2, 0) is 7.05 Å². The molecule has 1 fully saturated rings. The van der Waals surface area contributed by atoms with Crippen molar-refractivity contribution >= 4 is 28.4 Å². The quantitative estimate of drug-likeness (QED) is 0.554. The third kappa shape index (κ3) is 2.40. The molecule has 0 radical (unpaired) electrons. The summed E-state index contributed by atoms with van der Waals surface area (Å²) in [7, 11) is 1.70. The first-order valence-corrected chi connectivity index (χ1v) is 8.70. The normalized spacial score (nSPS) is 19.5. The maximum atomic E-state index is 12.6.